The van der Waals surface area contributed by atoms with Crippen LogP contribution < -0.4 is 15.0 Å². The summed E-state index contributed by atoms with van der Waals surface area (Å²) >= 11 is 1.50. The lowest BCUT2D eigenvalue weighted by molar-refractivity contribution is -0.120. The first kappa shape index (κ1) is 9.42. The number of hydrogen-bond acceptors (Lipinski definition) is 6. The first-order valence-corrected chi connectivity index (χ1v) is 5.29. The van der Waals surface area contributed by atoms with E-state index in [1.807, 2.05) is 0 Å². The third-order valence-corrected chi connectivity index (χ3v) is 2.91. The van der Waals surface area contributed by atoms with Crippen molar-refractivity contribution in [2.75, 3.05) is 31.1 Å². The molecule has 1 aliphatic rings. The van der Waals surface area contributed by atoms with Crippen molar-refractivity contribution in [1.82, 2.24) is 10.3 Å². The lowest BCUT2D eigenvalue weighted by Crippen LogP contribution is -2.43. The number of anilines is 1. The number of carbonyl (C=O) groups is 1. The molecule has 0 atom stereocenters. The zero-order valence-electron chi connectivity index (χ0n) is 7.60. The van der Waals surface area contributed by atoms with Crippen LogP contribution in [-0.4, -0.2) is 37.6 Å². The molecule has 0 bridgehead atoms. The summed E-state index contributed by atoms with van der Waals surface area (Å²) < 4.78 is 4.65. The van der Waals surface area contributed by atoms with Crippen LogP contribution in [-0.2, 0) is 4.79 Å². The van der Waals surface area contributed by atoms with Crippen LogP contribution in [0.25, 0.3) is 0 Å². The molecule has 2 rings (SSSR count). The summed E-state index contributed by atoms with van der Waals surface area (Å²) in [6, 6.07) is 0. The lowest BCUT2D eigenvalue weighted by Gasteiger charge is -2.26. The van der Waals surface area contributed by atoms with E-state index < -0.39 is 0 Å². The molecule has 14 heavy (non-hydrogen) atoms. The SMILES string of the molecule is O=COc1csc(N2CCNCC2)n1. The van der Waals surface area contributed by atoms with Gasteiger partial charge in [0.15, 0.2) is 5.13 Å². The number of nitrogens with zero attached hydrogens (tertiary/aromatic N) is 2. The van der Waals surface area contributed by atoms with Crippen molar-refractivity contribution in [3.8, 4) is 5.88 Å². The Morgan fingerprint density at radius 3 is 3.07 bits per heavy atom. The van der Waals surface area contributed by atoms with Crippen molar-refractivity contribution >= 4 is 22.9 Å². The maximum atomic E-state index is 10.1. The summed E-state index contributed by atoms with van der Waals surface area (Å²) in [5.41, 5.74) is 0. The van der Waals surface area contributed by atoms with Crippen molar-refractivity contribution in [2.45, 2.75) is 0 Å². The van der Waals surface area contributed by atoms with E-state index >= 15 is 0 Å². The molecule has 0 aliphatic carbocycles. The number of aromatic nitrogens is 1. The highest BCUT2D eigenvalue weighted by molar-refractivity contribution is 7.13. The largest absolute Gasteiger partial charge is 0.409 e. The highest BCUT2D eigenvalue weighted by Gasteiger charge is 2.14. The number of piperazine rings is 1. The molecule has 1 aromatic heterocycles. The van der Waals surface area contributed by atoms with Gasteiger partial charge < -0.3 is 15.0 Å². The summed E-state index contributed by atoms with van der Waals surface area (Å²) in [5.74, 6) is 0.388. The Morgan fingerprint density at radius 2 is 2.36 bits per heavy atom. The van der Waals surface area contributed by atoms with Gasteiger partial charge in [-0.2, -0.15) is 4.98 Å². The average Bonchev–Trinajstić information content (AvgIpc) is 2.68. The van der Waals surface area contributed by atoms with Crippen LogP contribution in [0.15, 0.2) is 5.38 Å². The Balaban J connectivity index is 2.03. The molecule has 0 spiro atoms. The molecule has 6 heteroatoms. The fraction of sp³-hybridized carbons (Fsp3) is 0.500. The van der Waals surface area contributed by atoms with E-state index in [0.29, 0.717) is 12.4 Å². The minimum atomic E-state index is 0.388. The zero-order chi connectivity index (χ0) is 9.80. The van der Waals surface area contributed by atoms with Crippen LogP contribution in [0.1, 0.15) is 0 Å². The van der Waals surface area contributed by atoms with Gasteiger partial charge in [-0.1, -0.05) is 0 Å². The van der Waals surface area contributed by atoms with Crippen LogP contribution in [0.3, 0.4) is 0 Å². The van der Waals surface area contributed by atoms with E-state index in [9.17, 15) is 4.79 Å². The summed E-state index contributed by atoms with van der Waals surface area (Å²) in [4.78, 5) is 16.4. The number of thiazole rings is 1. The second kappa shape index (κ2) is 4.39. The number of nitrogens with one attached hydrogen (secondary N) is 1. The minimum absolute atomic E-state index is 0.388. The molecule has 1 saturated heterocycles. The Labute approximate surface area is 85.7 Å². The molecule has 2 heterocycles. The van der Waals surface area contributed by atoms with Crippen LogP contribution in [0.2, 0.25) is 0 Å². The van der Waals surface area contributed by atoms with Crippen LogP contribution >= 0.6 is 11.3 Å². The Bertz CT molecular complexity index is 309. The molecule has 1 aromatic rings. The number of ether oxygens (including phenoxy) is 1. The molecule has 1 N–H and O–H groups in total. The standard InChI is InChI=1S/C8H11N3O2S/c12-6-13-7-5-14-8(10-7)11-3-1-9-2-4-11/h5-6,9H,1-4H2. The lowest BCUT2D eigenvalue weighted by atomic mass is 10.4. The van der Waals surface area contributed by atoms with Crippen LogP contribution in [0, 0.1) is 0 Å². The van der Waals surface area contributed by atoms with Gasteiger partial charge in [-0.25, -0.2) is 0 Å². The van der Waals surface area contributed by atoms with Crippen LogP contribution in [0.5, 0.6) is 5.88 Å². The van der Waals surface area contributed by atoms with E-state index in [4.69, 9.17) is 0 Å². The summed E-state index contributed by atoms with van der Waals surface area (Å²) in [6.45, 7) is 4.26. The fourth-order valence-electron chi connectivity index (χ4n) is 1.35. The van der Waals surface area contributed by atoms with Gasteiger partial charge in [-0.05, 0) is 0 Å². The maximum absolute atomic E-state index is 10.1. The zero-order valence-corrected chi connectivity index (χ0v) is 8.42. The van der Waals surface area contributed by atoms with Crippen LogP contribution in [0.4, 0.5) is 5.13 Å². The van der Waals surface area contributed by atoms with E-state index in [2.05, 4.69) is 19.9 Å². The molecule has 1 fully saturated rings. The first-order valence-electron chi connectivity index (χ1n) is 4.41. The molecule has 0 saturated carbocycles. The smallest absolute Gasteiger partial charge is 0.299 e. The highest BCUT2D eigenvalue weighted by atomic mass is 32.1. The van der Waals surface area contributed by atoms with Crippen molar-refractivity contribution in [1.29, 1.82) is 0 Å². The van der Waals surface area contributed by atoms with Gasteiger partial charge in [0, 0.05) is 26.2 Å². The third kappa shape index (κ3) is 2.02. The number of hydrogen-bond donors (Lipinski definition) is 1. The minimum Gasteiger partial charge on any atom is -0.409 e. The molecule has 0 amide bonds. The predicted octanol–water partition coefficient (Wildman–Crippen LogP) is 0.0879. The molecule has 0 aromatic carbocycles. The normalized spacial score (nSPS) is 16.7. The average molecular weight is 213 g/mol. The van der Waals surface area contributed by atoms with Crippen molar-refractivity contribution in [3.05, 3.63) is 5.38 Å². The van der Waals surface area contributed by atoms with E-state index in [-0.39, 0.29) is 0 Å². The van der Waals surface area contributed by atoms with Gasteiger partial charge in [0.1, 0.15) is 0 Å². The Morgan fingerprint density at radius 1 is 1.57 bits per heavy atom. The van der Waals surface area contributed by atoms with Gasteiger partial charge in [-0.15, -0.1) is 11.3 Å². The van der Waals surface area contributed by atoms with E-state index in [0.717, 1.165) is 31.3 Å². The summed E-state index contributed by atoms with van der Waals surface area (Å²) in [7, 11) is 0. The van der Waals surface area contributed by atoms with Gasteiger partial charge in [0.25, 0.3) is 6.47 Å². The molecular weight excluding hydrogens is 202 g/mol. The predicted molar refractivity (Wildman–Crippen MR) is 53.9 cm³/mol. The maximum Gasteiger partial charge on any atom is 0.299 e. The fourth-order valence-corrected chi connectivity index (χ4v) is 2.14. The first-order chi connectivity index (χ1) is 6.90. The van der Waals surface area contributed by atoms with Crippen molar-refractivity contribution in [2.24, 2.45) is 0 Å². The van der Waals surface area contributed by atoms with Crippen molar-refractivity contribution < 1.29 is 9.53 Å². The van der Waals surface area contributed by atoms with Gasteiger partial charge in [0.05, 0.1) is 5.38 Å². The van der Waals surface area contributed by atoms with Gasteiger partial charge in [0.2, 0.25) is 5.88 Å². The van der Waals surface area contributed by atoms with E-state index in [1.54, 1.807) is 5.38 Å². The third-order valence-electron chi connectivity index (χ3n) is 2.03. The molecule has 0 unspecified atom stereocenters. The quantitative estimate of drug-likeness (QED) is 0.721. The van der Waals surface area contributed by atoms with E-state index in [1.165, 1.54) is 11.3 Å². The van der Waals surface area contributed by atoms with Gasteiger partial charge in [-0.3, -0.25) is 4.79 Å². The topological polar surface area (TPSA) is 54.5 Å². The van der Waals surface area contributed by atoms with Crippen molar-refractivity contribution in [3.63, 3.8) is 0 Å². The number of rotatable bonds is 3. The second-order valence-corrected chi connectivity index (χ2v) is 3.76. The second-order valence-electron chi connectivity index (χ2n) is 2.92. The summed E-state index contributed by atoms with van der Waals surface area (Å²) in [5, 5.41) is 5.93. The highest BCUT2D eigenvalue weighted by Crippen LogP contribution is 2.24. The Kier molecular flexibility index (Phi) is 2.95. The molecule has 5 nitrogen and oxygen atoms in total. The monoisotopic (exact) mass is 213 g/mol. The molecular formula is C8H11N3O2S. The molecule has 1 aliphatic heterocycles. The Hall–Kier alpha value is -1.14. The summed E-state index contributed by atoms with van der Waals surface area (Å²) in [6.07, 6.45) is 0. The number of carbonyl (C=O) groups excluding carboxylic acids is 1. The van der Waals surface area contributed by atoms with Gasteiger partial charge >= 0.3 is 0 Å². The molecule has 76 valence electrons. The molecule has 0 radical (unpaired) electrons.